The van der Waals surface area contributed by atoms with Crippen LogP contribution in [0.2, 0.25) is 5.02 Å². The number of hydrogen-bond acceptors (Lipinski definition) is 3. The zero-order valence-electron chi connectivity index (χ0n) is 11.1. The Balaban J connectivity index is 3.11. The second-order valence-corrected chi connectivity index (χ2v) is 4.64. The number of halogens is 1. The Morgan fingerprint density at radius 2 is 2.22 bits per heavy atom. The smallest absolute Gasteiger partial charge is 0.153 e. The van der Waals surface area contributed by atoms with Crippen LogP contribution in [-0.2, 0) is 4.74 Å². The summed E-state index contributed by atoms with van der Waals surface area (Å²) >= 11 is 6.07. The van der Waals surface area contributed by atoms with Gasteiger partial charge in [-0.1, -0.05) is 24.6 Å². The number of rotatable bonds is 7. The molecule has 0 amide bonds. The Labute approximate surface area is 114 Å². The lowest BCUT2D eigenvalue weighted by Crippen LogP contribution is -2.36. The predicted molar refractivity (Wildman–Crippen MR) is 75.8 cm³/mol. The van der Waals surface area contributed by atoms with Crippen LogP contribution in [-0.4, -0.2) is 32.6 Å². The summed E-state index contributed by atoms with van der Waals surface area (Å²) in [6.07, 6.45) is 1.81. The number of benzene rings is 1. The van der Waals surface area contributed by atoms with Crippen molar-refractivity contribution in [1.82, 2.24) is 0 Å². The number of anilines is 1. The minimum atomic E-state index is 0.331. The lowest BCUT2D eigenvalue weighted by Gasteiger charge is -2.31. The Morgan fingerprint density at radius 1 is 1.50 bits per heavy atom. The first-order valence-electron chi connectivity index (χ1n) is 6.15. The summed E-state index contributed by atoms with van der Waals surface area (Å²) in [6.45, 7) is 5.61. The second-order valence-electron chi connectivity index (χ2n) is 4.23. The van der Waals surface area contributed by atoms with Crippen molar-refractivity contribution in [1.29, 1.82) is 0 Å². The molecule has 18 heavy (non-hydrogen) atoms. The topological polar surface area (TPSA) is 29.5 Å². The fourth-order valence-corrected chi connectivity index (χ4v) is 2.10. The largest absolute Gasteiger partial charge is 0.383 e. The van der Waals surface area contributed by atoms with Gasteiger partial charge in [0, 0.05) is 25.4 Å². The Hall–Kier alpha value is -1.06. The van der Waals surface area contributed by atoms with Gasteiger partial charge < -0.3 is 9.64 Å². The van der Waals surface area contributed by atoms with E-state index in [0.717, 1.165) is 24.9 Å². The van der Waals surface area contributed by atoms with E-state index in [1.54, 1.807) is 13.2 Å². The van der Waals surface area contributed by atoms with Gasteiger partial charge in [-0.2, -0.15) is 0 Å². The number of hydrogen-bond donors (Lipinski definition) is 0. The summed E-state index contributed by atoms with van der Waals surface area (Å²) in [5.41, 5.74) is 1.43. The summed E-state index contributed by atoms with van der Waals surface area (Å²) in [5, 5.41) is 0.494. The highest BCUT2D eigenvalue weighted by molar-refractivity contribution is 6.33. The molecule has 0 saturated carbocycles. The molecule has 0 spiro atoms. The minimum Gasteiger partial charge on any atom is -0.383 e. The van der Waals surface area contributed by atoms with Gasteiger partial charge in [0.2, 0.25) is 0 Å². The van der Waals surface area contributed by atoms with Gasteiger partial charge in [-0.15, -0.1) is 0 Å². The van der Waals surface area contributed by atoms with Crippen molar-refractivity contribution in [3.8, 4) is 0 Å². The van der Waals surface area contributed by atoms with Crippen LogP contribution in [0.5, 0.6) is 0 Å². The molecule has 0 heterocycles. The molecule has 0 bridgehead atoms. The summed E-state index contributed by atoms with van der Waals surface area (Å²) in [5.74, 6) is 0. The van der Waals surface area contributed by atoms with Gasteiger partial charge in [-0.05, 0) is 25.5 Å². The molecular weight excluding hydrogens is 250 g/mol. The molecule has 1 aromatic carbocycles. The molecule has 0 radical (unpaired) electrons. The lowest BCUT2D eigenvalue weighted by molar-refractivity contribution is 0.112. The van der Waals surface area contributed by atoms with Crippen molar-refractivity contribution in [2.24, 2.45) is 0 Å². The van der Waals surface area contributed by atoms with Crippen LogP contribution in [0.15, 0.2) is 18.2 Å². The van der Waals surface area contributed by atoms with Crippen molar-refractivity contribution in [3.63, 3.8) is 0 Å². The van der Waals surface area contributed by atoms with E-state index in [0.29, 0.717) is 23.2 Å². The minimum absolute atomic E-state index is 0.331. The normalized spacial score (nSPS) is 12.2. The molecule has 0 aromatic heterocycles. The Morgan fingerprint density at radius 3 is 2.78 bits per heavy atom. The van der Waals surface area contributed by atoms with Crippen molar-refractivity contribution in [3.05, 3.63) is 28.8 Å². The molecule has 3 nitrogen and oxygen atoms in total. The first-order chi connectivity index (χ1) is 8.65. The summed E-state index contributed by atoms with van der Waals surface area (Å²) in [7, 11) is 1.67. The average Bonchev–Trinajstić information content (AvgIpc) is 2.39. The van der Waals surface area contributed by atoms with Crippen LogP contribution < -0.4 is 4.90 Å². The Bertz CT molecular complexity index is 395. The van der Waals surface area contributed by atoms with Crippen molar-refractivity contribution in [2.75, 3.05) is 25.2 Å². The zero-order valence-corrected chi connectivity index (χ0v) is 11.9. The molecule has 100 valence electrons. The lowest BCUT2D eigenvalue weighted by atomic mass is 10.1. The number of methoxy groups -OCH3 is 1. The highest BCUT2D eigenvalue weighted by Crippen LogP contribution is 2.27. The molecule has 0 fully saturated rings. The van der Waals surface area contributed by atoms with Gasteiger partial charge in [0.1, 0.15) is 0 Å². The molecule has 1 atom stereocenters. The van der Waals surface area contributed by atoms with E-state index >= 15 is 0 Å². The molecule has 1 unspecified atom stereocenters. The van der Waals surface area contributed by atoms with Crippen LogP contribution in [0, 0.1) is 0 Å². The quantitative estimate of drug-likeness (QED) is 0.711. The number of carbonyl (C=O) groups excluding carboxylic acids is 1. The molecule has 1 rings (SSSR count). The summed E-state index contributed by atoms with van der Waals surface area (Å²) in [6, 6.07) is 5.86. The van der Waals surface area contributed by atoms with Crippen LogP contribution in [0.25, 0.3) is 0 Å². The molecule has 0 saturated heterocycles. The zero-order chi connectivity index (χ0) is 13.5. The predicted octanol–water partition coefficient (Wildman–Crippen LogP) is 3.40. The molecule has 0 aliphatic rings. The first kappa shape index (κ1) is 15.0. The SMILES string of the molecule is CCC(C)N(CCOC)c1cccc(Cl)c1C=O. The van der Waals surface area contributed by atoms with E-state index in [2.05, 4.69) is 18.7 Å². The standard InChI is InChI=1S/C14H20ClNO2/c1-4-11(2)16(8-9-18-3)14-7-5-6-13(15)12(14)10-17/h5-7,10-11H,4,8-9H2,1-3H3. The molecule has 0 N–H and O–H groups in total. The fraction of sp³-hybridized carbons (Fsp3) is 0.500. The van der Waals surface area contributed by atoms with Gasteiger partial charge >= 0.3 is 0 Å². The van der Waals surface area contributed by atoms with E-state index in [4.69, 9.17) is 16.3 Å². The third-order valence-corrected chi connectivity index (χ3v) is 3.45. The van der Waals surface area contributed by atoms with E-state index in [-0.39, 0.29) is 0 Å². The van der Waals surface area contributed by atoms with E-state index in [1.165, 1.54) is 0 Å². The average molecular weight is 270 g/mol. The molecule has 1 aromatic rings. The van der Waals surface area contributed by atoms with E-state index < -0.39 is 0 Å². The maximum absolute atomic E-state index is 11.2. The first-order valence-corrected chi connectivity index (χ1v) is 6.52. The molecule has 4 heteroatoms. The third kappa shape index (κ3) is 3.47. The second kappa shape index (κ2) is 7.39. The van der Waals surface area contributed by atoms with E-state index in [9.17, 15) is 4.79 Å². The van der Waals surface area contributed by atoms with Crippen molar-refractivity contribution >= 4 is 23.6 Å². The van der Waals surface area contributed by atoms with Gasteiger partial charge in [-0.25, -0.2) is 0 Å². The van der Waals surface area contributed by atoms with Gasteiger partial charge in [0.15, 0.2) is 6.29 Å². The molecule has 0 aliphatic carbocycles. The van der Waals surface area contributed by atoms with Crippen LogP contribution in [0.4, 0.5) is 5.69 Å². The monoisotopic (exact) mass is 269 g/mol. The van der Waals surface area contributed by atoms with Crippen molar-refractivity contribution < 1.29 is 9.53 Å². The fourth-order valence-electron chi connectivity index (χ4n) is 1.88. The number of aldehydes is 1. The van der Waals surface area contributed by atoms with Gasteiger partial charge in [-0.3, -0.25) is 4.79 Å². The highest BCUT2D eigenvalue weighted by atomic mass is 35.5. The summed E-state index contributed by atoms with van der Waals surface area (Å²) < 4.78 is 5.13. The molecule has 0 aliphatic heterocycles. The summed E-state index contributed by atoms with van der Waals surface area (Å²) in [4.78, 5) is 13.4. The van der Waals surface area contributed by atoms with Gasteiger partial charge in [0.05, 0.1) is 17.2 Å². The van der Waals surface area contributed by atoms with Crippen LogP contribution >= 0.6 is 11.6 Å². The number of ether oxygens (including phenoxy) is 1. The Kier molecular flexibility index (Phi) is 6.16. The number of nitrogens with zero attached hydrogens (tertiary/aromatic N) is 1. The maximum Gasteiger partial charge on any atom is 0.153 e. The number of carbonyl (C=O) groups is 1. The third-order valence-electron chi connectivity index (χ3n) is 3.12. The van der Waals surface area contributed by atoms with E-state index in [1.807, 2.05) is 12.1 Å². The van der Waals surface area contributed by atoms with Crippen LogP contribution in [0.1, 0.15) is 30.6 Å². The highest BCUT2D eigenvalue weighted by Gasteiger charge is 2.17. The maximum atomic E-state index is 11.2. The molecular formula is C14H20ClNO2. The van der Waals surface area contributed by atoms with Crippen LogP contribution in [0.3, 0.4) is 0 Å². The van der Waals surface area contributed by atoms with Gasteiger partial charge in [0.25, 0.3) is 0 Å². The van der Waals surface area contributed by atoms with Crippen molar-refractivity contribution in [2.45, 2.75) is 26.3 Å².